The molecule has 0 radical (unpaired) electrons. The summed E-state index contributed by atoms with van der Waals surface area (Å²) in [6.07, 6.45) is 0.626. The Hall–Kier alpha value is -1.95. The molecule has 2 atom stereocenters. The molecule has 6 heteroatoms. The number of hydrogen-bond acceptors (Lipinski definition) is 5. The molecule has 6 nitrogen and oxygen atoms in total. The lowest BCUT2D eigenvalue weighted by atomic mass is 10.0. The van der Waals surface area contributed by atoms with Crippen LogP contribution in [0.2, 0.25) is 0 Å². The lowest BCUT2D eigenvalue weighted by Crippen LogP contribution is -2.48. The number of carbonyl (C=O) groups is 1. The van der Waals surface area contributed by atoms with Crippen molar-refractivity contribution in [3.8, 4) is 5.75 Å². The first-order valence-corrected chi connectivity index (χ1v) is 5.80. The maximum Gasteiger partial charge on any atom is 0.328 e. The van der Waals surface area contributed by atoms with Crippen LogP contribution in [0.4, 0.5) is 0 Å². The average molecular weight is 250 g/mol. The first kappa shape index (κ1) is 12.5. The fourth-order valence-corrected chi connectivity index (χ4v) is 1.94. The molecule has 18 heavy (non-hydrogen) atoms. The fraction of sp³-hybridized carbons (Fsp3) is 0.417. The lowest BCUT2D eigenvalue weighted by Gasteiger charge is -2.24. The first-order valence-electron chi connectivity index (χ1n) is 5.80. The van der Waals surface area contributed by atoms with Crippen molar-refractivity contribution < 1.29 is 14.5 Å². The van der Waals surface area contributed by atoms with Crippen molar-refractivity contribution in [2.75, 3.05) is 6.54 Å². The van der Waals surface area contributed by atoms with Crippen LogP contribution in [-0.2, 0) is 4.79 Å². The van der Waals surface area contributed by atoms with Gasteiger partial charge in [0, 0.05) is 24.3 Å². The van der Waals surface area contributed by atoms with Crippen molar-refractivity contribution in [1.82, 2.24) is 5.32 Å². The summed E-state index contributed by atoms with van der Waals surface area (Å²) in [5, 5.41) is 13.7. The van der Waals surface area contributed by atoms with Crippen molar-refractivity contribution in [2.45, 2.75) is 24.9 Å². The molecule has 1 aromatic carbocycles. The van der Waals surface area contributed by atoms with Crippen LogP contribution >= 0.6 is 0 Å². The Morgan fingerprint density at radius 2 is 2.11 bits per heavy atom. The Labute approximate surface area is 104 Å². The number of nitro groups is 1. The minimum Gasteiger partial charge on any atom is -0.425 e. The number of piperidine rings is 1. The van der Waals surface area contributed by atoms with Gasteiger partial charge in [-0.25, -0.2) is 4.79 Å². The summed E-state index contributed by atoms with van der Waals surface area (Å²) in [5.41, 5.74) is 0. The third-order valence-electron chi connectivity index (χ3n) is 2.92. The van der Waals surface area contributed by atoms with Crippen LogP contribution in [0.25, 0.3) is 0 Å². The van der Waals surface area contributed by atoms with Gasteiger partial charge in [-0.3, -0.25) is 10.1 Å². The Balaban J connectivity index is 1.95. The van der Waals surface area contributed by atoms with Crippen LogP contribution in [0.1, 0.15) is 12.8 Å². The molecule has 1 heterocycles. The number of hydrogen-bond donors (Lipinski definition) is 1. The summed E-state index contributed by atoms with van der Waals surface area (Å²) in [4.78, 5) is 22.2. The van der Waals surface area contributed by atoms with Crippen LogP contribution in [0.5, 0.6) is 5.75 Å². The third-order valence-corrected chi connectivity index (χ3v) is 2.92. The fourth-order valence-electron chi connectivity index (χ4n) is 1.94. The van der Waals surface area contributed by atoms with Crippen LogP contribution < -0.4 is 10.1 Å². The van der Waals surface area contributed by atoms with Crippen molar-refractivity contribution in [1.29, 1.82) is 0 Å². The zero-order valence-corrected chi connectivity index (χ0v) is 9.74. The van der Waals surface area contributed by atoms with Crippen LogP contribution in [-0.4, -0.2) is 29.5 Å². The SMILES string of the molecule is O=C(Oc1ccccc1)C1CC([N+](=O)[O-])CCN1. The highest BCUT2D eigenvalue weighted by atomic mass is 16.6. The summed E-state index contributed by atoms with van der Waals surface area (Å²) in [7, 11) is 0. The Morgan fingerprint density at radius 1 is 1.39 bits per heavy atom. The highest BCUT2D eigenvalue weighted by Gasteiger charge is 2.34. The van der Waals surface area contributed by atoms with E-state index in [0.717, 1.165) is 0 Å². The zero-order chi connectivity index (χ0) is 13.0. The molecule has 0 saturated carbocycles. The van der Waals surface area contributed by atoms with Crippen LogP contribution in [0.3, 0.4) is 0 Å². The summed E-state index contributed by atoms with van der Waals surface area (Å²) < 4.78 is 5.16. The van der Waals surface area contributed by atoms with E-state index >= 15 is 0 Å². The van der Waals surface area contributed by atoms with Gasteiger partial charge in [0.25, 0.3) is 0 Å². The molecule has 1 aliphatic rings. The molecule has 0 bridgehead atoms. The molecule has 96 valence electrons. The number of rotatable bonds is 3. The highest BCUT2D eigenvalue weighted by Crippen LogP contribution is 2.15. The summed E-state index contributed by atoms with van der Waals surface area (Å²) >= 11 is 0. The van der Waals surface area contributed by atoms with Gasteiger partial charge in [-0.2, -0.15) is 0 Å². The van der Waals surface area contributed by atoms with E-state index in [4.69, 9.17) is 4.74 Å². The van der Waals surface area contributed by atoms with E-state index in [1.807, 2.05) is 6.07 Å². The molecule has 0 spiro atoms. The Morgan fingerprint density at radius 3 is 2.78 bits per heavy atom. The second-order valence-electron chi connectivity index (χ2n) is 4.20. The predicted molar refractivity (Wildman–Crippen MR) is 63.9 cm³/mol. The van der Waals surface area contributed by atoms with Gasteiger partial charge in [0.2, 0.25) is 6.04 Å². The molecular formula is C12H14N2O4. The predicted octanol–water partition coefficient (Wildman–Crippen LogP) is 0.989. The largest absolute Gasteiger partial charge is 0.425 e. The number of esters is 1. The third kappa shape index (κ3) is 3.04. The molecule has 2 unspecified atom stereocenters. The van der Waals surface area contributed by atoms with E-state index in [2.05, 4.69) is 5.32 Å². The van der Waals surface area contributed by atoms with E-state index < -0.39 is 18.1 Å². The van der Waals surface area contributed by atoms with E-state index in [9.17, 15) is 14.9 Å². The first-order chi connectivity index (χ1) is 8.66. The van der Waals surface area contributed by atoms with Crippen molar-refractivity contribution in [3.05, 3.63) is 40.4 Å². The number of ether oxygens (including phenoxy) is 1. The molecule has 0 aromatic heterocycles. The van der Waals surface area contributed by atoms with Crippen molar-refractivity contribution in [2.24, 2.45) is 0 Å². The van der Waals surface area contributed by atoms with Gasteiger partial charge in [0.05, 0.1) is 0 Å². The molecule has 1 N–H and O–H groups in total. The Kier molecular flexibility index (Phi) is 3.88. The van der Waals surface area contributed by atoms with Gasteiger partial charge in [0.15, 0.2) is 0 Å². The minimum atomic E-state index is -0.667. The number of para-hydroxylation sites is 1. The van der Waals surface area contributed by atoms with Gasteiger partial charge < -0.3 is 10.1 Å². The lowest BCUT2D eigenvalue weighted by molar-refractivity contribution is -0.526. The number of nitrogens with zero attached hydrogens (tertiary/aromatic N) is 1. The molecule has 0 aliphatic carbocycles. The van der Waals surface area contributed by atoms with Gasteiger partial charge in [-0.1, -0.05) is 18.2 Å². The maximum absolute atomic E-state index is 11.8. The summed E-state index contributed by atoms with van der Waals surface area (Å²) in [6.45, 7) is 0.459. The Bertz CT molecular complexity index is 435. The van der Waals surface area contributed by atoms with E-state index in [-0.39, 0.29) is 11.3 Å². The minimum absolute atomic E-state index is 0.179. The highest BCUT2D eigenvalue weighted by molar-refractivity contribution is 5.78. The van der Waals surface area contributed by atoms with Gasteiger partial charge in [-0.15, -0.1) is 0 Å². The van der Waals surface area contributed by atoms with Crippen molar-refractivity contribution >= 4 is 5.97 Å². The molecule has 1 aliphatic heterocycles. The standard InChI is InChI=1S/C12H14N2O4/c15-12(18-10-4-2-1-3-5-10)11-8-9(14(16)17)6-7-13-11/h1-5,9,11,13H,6-8H2. The van der Waals surface area contributed by atoms with Crippen molar-refractivity contribution in [3.63, 3.8) is 0 Å². The van der Waals surface area contributed by atoms with Gasteiger partial charge in [-0.05, 0) is 12.1 Å². The number of carbonyl (C=O) groups excluding carboxylic acids is 1. The van der Waals surface area contributed by atoms with Crippen LogP contribution in [0.15, 0.2) is 30.3 Å². The molecule has 1 fully saturated rings. The van der Waals surface area contributed by atoms with E-state index in [1.54, 1.807) is 24.3 Å². The molecule has 1 saturated heterocycles. The summed E-state index contributed by atoms with van der Waals surface area (Å²) in [5.74, 6) is -0.0136. The normalized spacial score (nSPS) is 23.3. The van der Waals surface area contributed by atoms with Gasteiger partial charge in [0.1, 0.15) is 11.8 Å². The van der Waals surface area contributed by atoms with E-state index in [0.29, 0.717) is 18.7 Å². The topological polar surface area (TPSA) is 81.5 Å². The smallest absolute Gasteiger partial charge is 0.328 e. The van der Waals surface area contributed by atoms with E-state index in [1.165, 1.54) is 0 Å². The number of nitrogens with one attached hydrogen (secondary N) is 1. The molecular weight excluding hydrogens is 236 g/mol. The van der Waals surface area contributed by atoms with Crippen LogP contribution in [0, 0.1) is 10.1 Å². The maximum atomic E-state index is 11.8. The number of benzene rings is 1. The molecule has 2 rings (SSSR count). The zero-order valence-electron chi connectivity index (χ0n) is 9.74. The summed E-state index contributed by atoms with van der Waals surface area (Å²) in [6, 6.07) is 7.41. The van der Waals surface area contributed by atoms with Gasteiger partial charge >= 0.3 is 5.97 Å². The molecule has 0 amide bonds. The second kappa shape index (κ2) is 5.59. The average Bonchev–Trinajstić information content (AvgIpc) is 2.40. The molecule has 1 aromatic rings. The second-order valence-corrected chi connectivity index (χ2v) is 4.20. The quantitative estimate of drug-likeness (QED) is 0.374. The monoisotopic (exact) mass is 250 g/mol.